The molecule has 8 nitrogen and oxygen atoms in total. The maximum Gasteiger partial charge on any atom is 0.302 e. The molecule has 28 heavy (non-hydrogen) atoms. The summed E-state index contributed by atoms with van der Waals surface area (Å²) in [5.41, 5.74) is 0.556. The molecular formula is C20H22N4O4. The number of carbonyl (C=O) groups excluding carboxylic acids is 3. The van der Waals surface area contributed by atoms with E-state index in [0.29, 0.717) is 18.5 Å². The molecule has 0 radical (unpaired) electrons. The van der Waals surface area contributed by atoms with Crippen LogP contribution < -0.4 is 10.6 Å². The molecule has 3 aliphatic rings. The summed E-state index contributed by atoms with van der Waals surface area (Å²) in [6.07, 6.45) is 0.626. The van der Waals surface area contributed by atoms with E-state index in [4.69, 9.17) is 6.57 Å². The number of aliphatic hydroxyl groups excluding tert-OH is 1. The predicted molar refractivity (Wildman–Crippen MR) is 99.9 cm³/mol. The van der Waals surface area contributed by atoms with E-state index in [1.165, 1.54) is 4.90 Å². The van der Waals surface area contributed by atoms with E-state index in [2.05, 4.69) is 15.5 Å². The number of anilines is 1. The SMILES string of the molecule is [C-]#[N+][C@@H]1C[C@@]2(CN1C(=O)CC(=O)N[C@@H]1CCC[C@@H]1O)C(=O)Nc1ccccc12. The van der Waals surface area contributed by atoms with Crippen molar-refractivity contribution in [2.45, 2.75) is 55.8 Å². The number of benzene rings is 1. The molecule has 0 bridgehead atoms. The van der Waals surface area contributed by atoms with Gasteiger partial charge < -0.3 is 15.7 Å². The van der Waals surface area contributed by atoms with E-state index in [-0.39, 0.29) is 24.9 Å². The maximum atomic E-state index is 12.8. The predicted octanol–water partition coefficient (Wildman–Crippen LogP) is 0.774. The molecule has 3 N–H and O–H groups in total. The smallest absolute Gasteiger partial charge is 0.302 e. The van der Waals surface area contributed by atoms with Crippen LogP contribution in [0.4, 0.5) is 5.69 Å². The first kappa shape index (κ1) is 18.4. The first-order valence-corrected chi connectivity index (χ1v) is 9.49. The number of hydrogen-bond acceptors (Lipinski definition) is 4. The van der Waals surface area contributed by atoms with Gasteiger partial charge in [0.1, 0.15) is 11.8 Å². The first-order chi connectivity index (χ1) is 13.4. The van der Waals surface area contributed by atoms with Gasteiger partial charge in [0.25, 0.3) is 0 Å². The Labute approximate surface area is 162 Å². The Morgan fingerprint density at radius 1 is 1.36 bits per heavy atom. The van der Waals surface area contributed by atoms with Gasteiger partial charge in [-0.1, -0.05) is 18.2 Å². The van der Waals surface area contributed by atoms with Gasteiger partial charge >= 0.3 is 6.17 Å². The minimum absolute atomic E-state index is 0.0844. The fraction of sp³-hybridized carbons (Fsp3) is 0.500. The summed E-state index contributed by atoms with van der Waals surface area (Å²) >= 11 is 0. The Morgan fingerprint density at radius 2 is 2.14 bits per heavy atom. The third kappa shape index (κ3) is 2.92. The van der Waals surface area contributed by atoms with E-state index in [1.54, 1.807) is 6.07 Å². The minimum atomic E-state index is -0.945. The average Bonchev–Trinajstić information content (AvgIpc) is 3.33. The van der Waals surface area contributed by atoms with E-state index in [9.17, 15) is 19.5 Å². The first-order valence-electron chi connectivity index (χ1n) is 9.49. The number of nitrogens with one attached hydrogen (secondary N) is 2. The van der Waals surface area contributed by atoms with E-state index in [1.807, 2.05) is 18.2 Å². The number of nitrogens with zero attached hydrogens (tertiary/aromatic N) is 2. The molecule has 0 unspecified atom stereocenters. The standard InChI is InChI=1S/C20H22N4O4/c1-21-16-10-20(12-5-2-3-6-13(12)23-19(20)28)11-24(16)18(27)9-17(26)22-14-7-4-8-15(14)25/h2-3,5-6,14-16,25H,4,7-11H2,(H,22,26)(H,23,28)/t14-,15+,16+,20+/m1/s1. The summed E-state index contributed by atoms with van der Waals surface area (Å²) in [6.45, 7) is 7.56. The zero-order chi connectivity index (χ0) is 19.9. The van der Waals surface area contributed by atoms with Crippen molar-refractivity contribution in [2.24, 2.45) is 0 Å². The van der Waals surface area contributed by atoms with Crippen molar-refractivity contribution in [1.82, 2.24) is 10.2 Å². The van der Waals surface area contributed by atoms with Crippen LogP contribution in [0.1, 0.15) is 37.7 Å². The summed E-state index contributed by atoms with van der Waals surface area (Å²) in [5, 5.41) is 15.4. The van der Waals surface area contributed by atoms with Crippen LogP contribution in [-0.4, -0.2) is 52.6 Å². The van der Waals surface area contributed by atoms with Gasteiger partial charge in [-0.05, 0) is 30.9 Å². The molecule has 146 valence electrons. The van der Waals surface area contributed by atoms with Crippen LogP contribution in [0.5, 0.6) is 0 Å². The van der Waals surface area contributed by atoms with Gasteiger partial charge in [0.05, 0.1) is 18.6 Å². The molecule has 0 aromatic heterocycles. The maximum absolute atomic E-state index is 12.8. The Bertz CT molecular complexity index is 879. The quantitative estimate of drug-likeness (QED) is 0.531. The van der Waals surface area contributed by atoms with Crippen molar-refractivity contribution < 1.29 is 19.5 Å². The van der Waals surface area contributed by atoms with E-state index in [0.717, 1.165) is 12.0 Å². The minimum Gasteiger partial charge on any atom is -0.391 e. The molecule has 2 heterocycles. The van der Waals surface area contributed by atoms with Gasteiger partial charge in [0, 0.05) is 12.2 Å². The number of para-hydroxylation sites is 1. The van der Waals surface area contributed by atoms with Crippen LogP contribution in [-0.2, 0) is 19.8 Å². The van der Waals surface area contributed by atoms with Gasteiger partial charge in [-0.2, -0.15) is 0 Å². The third-order valence-corrected chi connectivity index (χ3v) is 6.06. The second-order valence-corrected chi connectivity index (χ2v) is 7.77. The number of likely N-dealkylation sites (tertiary alicyclic amines) is 1. The molecule has 2 fully saturated rings. The molecule has 1 aliphatic carbocycles. The van der Waals surface area contributed by atoms with Crippen molar-refractivity contribution in [3.05, 3.63) is 41.2 Å². The summed E-state index contributed by atoms with van der Waals surface area (Å²) in [4.78, 5) is 42.6. The second kappa shape index (κ2) is 6.91. The molecule has 1 saturated heterocycles. The van der Waals surface area contributed by atoms with Crippen LogP contribution in [0.2, 0.25) is 0 Å². The lowest BCUT2D eigenvalue weighted by molar-refractivity contribution is -0.136. The molecule has 8 heteroatoms. The second-order valence-electron chi connectivity index (χ2n) is 7.77. The average molecular weight is 382 g/mol. The molecule has 4 atom stereocenters. The summed E-state index contributed by atoms with van der Waals surface area (Å²) in [5.74, 6) is -1.15. The zero-order valence-electron chi connectivity index (χ0n) is 15.4. The fourth-order valence-corrected chi connectivity index (χ4v) is 4.59. The topological polar surface area (TPSA) is 103 Å². The number of carbonyl (C=O) groups is 3. The van der Waals surface area contributed by atoms with Crippen LogP contribution in [0, 0.1) is 6.57 Å². The Morgan fingerprint density at radius 3 is 2.86 bits per heavy atom. The van der Waals surface area contributed by atoms with Gasteiger partial charge in [0.2, 0.25) is 17.7 Å². The van der Waals surface area contributed by atoms with Gasteiger partial charge in [-0.15, -0.1) is 0 Å². The summed E-state index contributed by atoms with van der Waals surface area (Å²) in [6, 6.07) is 6.98. The Hall–Kier alpha value is -2.92. The Kier molecular flexibility index (Phi) is 4.55. The summed E-state index contributed by atoms with van der Waals surface area (Å²) in [7, 11) is 0. The molecule has 2 aliphatic heterocycles. The fourth-order valence-electron chi connectivity index (χ4n) is 4.59. The number of amides is 3. The third-order valence-electron chi connectivity index (χ3n) is 6.06. The van der Waals surface area contributed by atoms with Crippen molar-refractivity contribution in [3.8, 4) is 0 Å². The van der Waals surface area contributed by atoms with E-state index >= 15 is 0 Å². The van der Waals surface area contributed by atoms with E-state index < -0.39 is 35.9 Å². The molecule has 4 rings (SSSR count). The van der Waals surface area contributed by atoms with Crippen molar-refractivity contribution in [2.75, 3.05) is 11.9 Å². The monoisotopic (exact) mass is 382 g/mol. The molecule has 1 spiro atoms. The zero-order valence-corrected chi connectivity index (χ0v) is 15.4. The molecule has 1 saturated carbocycles. The van der Waals surface area contributed by atoms with Gasteiger partial charge in [-0.3, -0.25) is 24.1 Å². The summed E-state index contributed by atoms with van der Waals surface area (Å²) < 4.78 is 0. The lowest BCUT2D eigenvalue weighted by atomic mass is 9.80. The molecule has 3 amide bonds. The Balaban J connectivity index is 1.49. The number of aliphatic hydroxyl groups is 1. The highest BCUT2D eigenvalue weighted by Crippen LogP contribution is 2.46. The van der Waals surface area contributed by atoms with Crippen molar-refractivity contribution in [3.63, 3.8) is 0 Å². The lowest BCUT2D eigenvalue weighted by Gasteiger charge is -2.21. The highest BCUT2D eigenvalue weighted by molar-refractivity contribution is 6.07. The number of rotatable bonds is 3. The van der Waals surface area contributed by atoms with Crippen LogP contribution >= 0.6 is 0 Å². The van der Waals surface area contributed by atoms with Crippen LogP contribution in [0.15, 0.2) is 24.3 Å². The number of fused-ring (bicyclic) bond motifs is 2. The van der Waals surface area contributed by atoms with Crippen LogP contribution in [0.25, 0.3) is 4.85 Å². The largest absolute Gasteiger partial charge is 0.391 e. The lowest BCUT2D eigenvalue weighted by Crippen LogP contribution is -2.44. The number of hydrogen-bond donors (Lipinski definition) is 3. The van der Waals surface area contributed by atoms with Gasteiger partial charge in [0.15, 0.2) is 0 Å². The molecule has 1 aromatic rings. The highest BCUT2D eigenvalue weighted by Gasteiger charge is 2.58. The van der Waals surface area contributed by atoms with Crippen molar-refractivity contribution >= 4 is 23.4 Å². The molecule has 1 aromatic carbocycles. The van der Waals surface area contributed by atoms with Gasteiger partial charge in [-0.25, -0.2) is 6.57 Å². The highest BCUT2D eigenvalue weighted by atomic mass is 16.3. The molecular weight excluding hydrogens is 360 g/mol. The van der Waals surface area contributed by atoms with Crippen molar-refractivity contribution in [1.29, 1.82) is 0 Å². The van der Waals surface area contributed by atoms with Crippen LogP contribution in [0.3, 0.4) is 0 Å². The normalized spacial score (nSPS) is 30.8.